The molecule has 0 radical (unpaired) electrons. The molecule has 0 aromatic heterocycles. The third-order valence-corrected chi connectivity index (χ3v) is 8.69. The SMILES string of the molecule is CC.CC.CC(C)N1CC2CC(C1)[C-]2c1ccccc1.CC(C)N1CC2CCC(C1)[C-]2c1ccccc1.[W].[W]. The van der Waals surface area contributed by atoms with Gasteiger partial charge in [-0.2, -0.15) is 47.2 Å². The van der Waals surface area contributed by atoms with Gasteiger partial charge in [0.2, 0.25) is 0 Å². The fraction of sp³-hybridized carbons (Fsp3) is 0.600. The Balaban J connectivity index is 0.000000332. The minimum absolute atomic E-state index is 0. The topological polar surface area (TPSA) is 6.48 Å². The van der Waals surface area contributed by atoms with Crippen molar-refractivity contribution in [1.82, 2.24) is 9.80 Å². The van der Waals surface area contributed by atoms with Crippen LogP contribution in [0.25, 0.3) is 0 Å². The Kier molecular flexibility index (Phi) is 16.9. The normalized spacial score (nSPS) is 25.0. The van der Waals surface area contributed by atoms with Crippen molar-refractivity contribution in [3.63, 3.8) is 0 Å². The van der Waals surface area contributed by atoms with Gasteiger partial charge >= 0.3 is 0 Å². The van der Waals surface area contributed by atoms with E-state index in [2.05, 4.69) is 98.2 Å². The Labute approximate surface area is 270 Å². The molecule has 7 rings (SSSR count). The molecule has 4 atom stereocenters. The summed E-state index contributed by atoms with van der Waals surface area (Å²) >= 11 is 0. The van der Waals surface area contributed by atoms with E-state index in [-0.39, 0.29) is 42.1 Å². The fourth-order valence-corrected chi connectivity index (χ4v) is 6.87. The van der Waals surface area contributed by atoms with E-state index in [1.165, 1.54) is 56.6 Å². The monoisotopic (exact) mass is 870 g/mol. The first-order valence-corrected chi connectivity index (χ1v) is 15.3. The van der Waals surface area contributed by atoms with Crippen LogP contribution < -0.4 is 0 Å². The van der Waals surface area contributed by atoms with Crippen molar-refractivity contribution >= 4 is 0 Å². The molecule has 0 spiro atoms. The number of hydrogen-bond donors (Lipinski definition) is 0. The van der Waals surface area contributed by atoms with E-state index >= 15 is 0 Å². The van der Waals surface area contributed by atoms with Crippen molar-refractivity contribution in [2.45, 2.75) is 86.7 Å². The molecule has 0 N–H and O–H groups in total. The van der Waals surface area contributed by atoms with E-state index in [1.54, 1.807) is 11.8 Å². The zero-order valence-corrected chi connectivity index (χ0v) is 31.8. The largest absolute Gasteiger partial charge is 0.302 e. The zero-order valence-electron chi connectivity index (χ0n) is 25.9. The predicted molar refractivity (Wildman–Crippen MR) is 161 cm³/mol. The zero-order chi connectivity index (χ0) is 26.9. The molecule has 218 valence electrons. The molecule has 4 heteroatoms. The molecule has 3 saturated heterocycles. The van der Waals surface area contributed by atoms with Gasteiger partial charge in [-0.05, 0) is 53.9 Å². The van der Waals surface area contributed by atoms with Gasteiger partial charge < -0.3 is 9.80 Å². The Hall–Kier alpha value is -0.523. The van der Waals surface area contributed by atoms with Gasteiger partial charge in [-0.25, -0.2) is 0 Å². The van der Waals surface area contributed by atoms with Gasteiger partial charge in [0.15, 0.2) is 0 Å². The first kappa shape index (κ1) is 36.5. The third-order valence-electron chi connectivity index (χ3n) is 8.69. The molecule has 4 unspecified atom stereocenters. The summed E-state index contributed by atoms with van der Waals surface area (Å²) in [6, 6.07) is 23.5. The van der Waals surface area contributed by atoms with Crippen LogP contribution in [0.5, 0.6) is 0 Å². The molecule has 2 aromatic rings. The number of benzene rings is 2. The van der Waals surface area contributed by atoms with E-state index in [1.807, 2.05) is 27.7 Å². The van der Waals surface area contributed by atoms with Crippen LogP contribution in [0.1, 0.15) is 85.8 Å². The number of likely N-dealkylation sites (tertiary alicyclic amines) is 1. The minimum Gasteiger partial charge on any atom is -0.302 e. The molecule has 2 aliphatic carbocycles. The Bertz CT molecular complexity index is 862. The Morgan fingerprint density at radius 2 is 0.846 bits per heavy atom. The summed E-state index contributed by atoms with van der Waals surface area (Å²) in [6.07, 6.45) is 4.23. The van der Waals surface area contributed by atoms with Crippen molar-refractivity contribution in [3.05, 3.63) is 83.6 Å². The fourth-order valence-electron chi connectivity index (χ4n) is 6.87. The van der Waals surface area contributed by atoms with Gasteiger partial charge in [0.1, 0.15) is 0 Å². The summed E-state index contributed by atoms with van der Waals surface area (Å²) in [5, 5.41) is 0. The van der Waals surface area contributed by atoms with Crippen LogP contribution in [0.3, 0.4) is 0 Å². The van der Waals surface area contributed by atoms with E-state index in [9.17, 15) is 0 Å². The standard InChI is InChI=1S/C16H22N.C15H20N.2C2H6.2W/c1-12(2)17-10-14-8-9-15(11-17)16(14)13-6-4-3-5-7-13;1-11(2)16-9-13-8-14(10-16)15(13)12-6-4-3-5-7-12;2*1-2;;/h3-7,12,14-15H,8-11H2,1-2H3;3-7,11,13-14H,8-10H2,1-2H3;2*1-2H3;;/q2*-1;;;;. The van der Waals surface area contributed by atoms with Crippen molar-refractivity contribution < 1.29 is 42.1 Å². The van der Waals surface area contributed by atoms with Gasteiger partial charge in [-0.15, -0.1) is 24.3 Å². The summed E-state index contributed by atoms with van der Waals surface area (Å²) in [6.45, 7) is 22.4. The quantitative estimate of drug-likeness (QED) is 0.285. The van der Waals surface area contributed by atoms with Crippen molar-refractivity contribution in [2.75, 3.05) is 26.2 Å². The maximum atomic E-state index is 2.66. The van der Waals surface area contributed by atoms with Gasteiger partial charge in [-0.1, -0.05) is 82.8 Å². The molecule has 39 heavy (non-hydrogen) atoms. The average molecular weight is 871 g/mol. The summed E-state index contributed by atoms with van der Waals surface area (Å²) in [5.41, 5.74) is 3.00. The number of hydrogen-bond acceptors (Lipinski definition) is 2. The maximum absolute atomic E-state index is 2.66. The Morgan fingerprint density at radius 3 is 1.18 bits per heavy atom. The number of piperidine rings is 3. The van der Waals surface area contributed by atoms with E-state index in [0.29, 0.717) is 12.1 Å². The second kappa shape index (κ2) is 18.1. The van der Waals surface area contributed by atoms with Crippen LogP contribution in [0.4, 0.5) is 0 Å². The van der Waals surface area contributed by atoms with Crippen LogP contribution >= 0.6 is 0 Å². The average Bonchev–Trinajstić information content (AvgIpc) is 3.21. The van der Waals surface area contributed by atoms with Crippen molar-refractivity contribution in [3.8, 4) is 0 Å². The number of rotatable bonds is 4. The minimum atomic E-state index is 0. The first-order chi connectivity index (χ1) is 18.0. The van der Waals surface area contributed by atoms with Gasteiger partial charge in [0.05, 0.1) is 0 Å². The second-order valence-corrected chi connectivity index (χ2v) is 11.3. The van der Waals surface area contributed by atoms with Gasteiger partial charge in [0.25, 0.3) is 0 Å². The third kappa shape index (κ3) is 8.98. The first-order valence-electron chi connectivity index (χ1n) is 15.3. The summed E-state index contributed by atoms with van der Waals surface area (Å²) in [7, 11) is 0. The molecule has 0 amide bonds. The van der Waals surface area contributed by atoms with Crippen LogP contribution in [0.2, 0.25) is 0 Å². The van der Waals surface area contributed by atoms with E-state index in [4.69, 9.17) is 0 Å². The van der Waals surface area contributed by atoms with E-state index in [0.717, 1.165) is 23.7 Å². The summed E-state index contributed by atoms with van der Waals surface area (Å²) < 4.78 is 0. The maximum Gasteiger partial charge on any atom is 0.00382 e. The smallest absolute Gasteiger partial charge is 0.00382 e. The van der Waals surface area contributed by atoms with Crippen LogP contribution in [-0.4, -0.2) is 48.1 Å². The molecule has 2 saturated carbocycles. The number of nitrogens with zero attached hydrogens (tertiary/aromatic N) is 2. The second-order valence-electron chi connectivity index (χ2n) is 11.3. The Morgan fingerprint density at radius 1 is 0.538 bits per heavy atom. The predicted octanol–water partition coefficient (Wildman–Crippen LogP) is 8.38. The van der Waals surface area contributed by atoms with Crippen molar-refractivity contribution in [2.24, 2.45) is 23.7 Å². The van der Waals surface area contributed by atoms with Gasteiger partial charge in [0, 0.05) is 54.2 Å². The molecule has 2 aromatic carbocycles. The van der Waals surface area contributed by atoms with Crippen LogP contribution in [0, 0.1) is 35.5 Å². The number of fused-ring (bicyclic) bond motifs is 4. The molecular formula is C35H54N2W2-2. The molecule has 4 bridgehead atoms. The molecule has 5 fully saturated rings. The van der Waals surface area contributed by atoms with Crippen molar-refractivity contribution in [1.29, 1.82) is 0 Å². The summed E-state index contributed by atoms with van der Waals surface area (Å²) in [5.74, 6) is 6.80. The molecular weight excluding hydrogens is 816 g/mol. The molecule has 3 aliphatic heterocycles. The van der Waals surface area contributed by atoms with Crippen LogP contribution in [0.15, 0.2) is 60.7 Å². The van der Waals surface area contributed by atoms with Crippen LogP contribution in [-0.2, 0) is 42.1 Å². The molecule has 5 aliphatic rings. The molecule has 2 nitrogen and oxygen atoms in total. The summed E-state index contributed by atoms with van der Waals surface area (Å²) in [4.78, 5) is 5.29. The van der Waals surface area contributed by atoms with Gasteiger partial charge in [-0.3, -0.25) is 0 Å². The molecule has 3 heterocycles. The van der Waals surface area contributed by atoms with E-state index < -0.39 is 0 Å².